The van der Waals surface area contributed by atoms with Gasteiger partial charge in [0.1, 0.15) is 5.82 Å². The van der Waals surface area contributed by atoms with Crippen molar-refractivity contribution in [3.8, 4) is 11.4 Å². The van der Waals surface area contributed by atoms with Crippen LogP contribution in [0.2, 0.25) is 0 Å². The number of hydrogen-bond acceptors (Lipinski definition) is 7. The van der Waals surface area contributed by atoms with E-state index < -0.39 is 0 Å². The Morgan fingerprint density at radius 3 is 2.54 bits per heavy atom. The van der Waals surface area contributed by atoms with Gasteiger partial charge in [0, 0.05) is 58.5 Å². The maximum atomic E-state index is 12.4. The highest BCUT2D eigenvalue weighted by atomic mass is 16.5. The Hall–Kier alpha value is -2.64. The van der Waals surface area contributed by atoms with Gasteiger partial charge in [0.25, 0.3) is 0 Å². The molecular formula is C20H30N6O2. The summed E-state index contributed by atoms with van der Waals surface area (Å²) in [6.07, 6.45) is 3.29. The summed E-state index contributed by atoms with van der Waals surface area (Å²) in [6.45, 7) is 9.50. The molecule has 28 heavy (non-hydrogen) atoms. The molecule has 0 N–H and O–H groups in total. The third-order valence-electron chi connectivity index (χ3n) is 4.85. The number of hydrogen-bond donors (Lipinski definition) is 0. The van der Waals surface area contributed by atoms with E-state index in [1.807, 2.05) is 31.1 Å². The molecule has 0 aliphatic carbocycles. The van der Waals surface area contributed by atoms with Crippen LogP contribution in [0.4, 0.5) is 11.8 Å². The first-order valence-corrected chi connectivity index (χ1v) is 9.73. The Bertz CT molecular complexity index is 803. The van der Waals surface area contributed by atoms with E-state index in [0.29, 0.717) is 18.3 Å². The van der Waals surface area contributed by atoms with Gasteiger partial charge in [-0.25, -0.2) is 4.98 Å². The predicted octanol–water partition coefficient (Wildman–Crippen LogP) is 2.67. The maximum absolute atomic E-state index is 12.4. The summed E-state index contributed by atoms with van der Waals surface area (Å²) in [6, 6.07) is 4.32. The molecule has 0 atom stereocenters. The maximum Gasteiger partial charge on any atom is 0.323 e. The van der Waals surface area contributed by atoms with Crippen molar-refractivity contribution in [2.24, 2.45) is 5.41 Å². The highest BCUT2D eigenvalue weighted by Crippen LogP contribution is 2.24. The molecule has 152 valence electrons. The number of anilines is 2. The summed E-state index contributed by atoms with van der Waals surface area (Å²) >= 11 is 0. The molecule has 2 aromatic rings. The first-order chi connectivity index (χ1) is 13.2. The van der Waals surface area contributed by atoms with Crippen LogP contribution in [-0.4, -0.2) is 66.2 Å². The first-order valence-electron chi connectivity index (χ1n) is 9.73. The van der Waals surface area contributed by atoms with Gasteiger partial charge in [-0.05, 0) is 24.0 Å². The summed E-state index contributed by atoms with van der Waals surface area (Å²) in [5, 5.41) is 4.04. The third kappa shape index (κ3) is 4.99. The lowest BCUT2D eigenvalue weighted by Crippen LogP contribution is -2.49. The molecule has 0 spiro atoms. The zero-order valence-corrected chi connectivity index (χ0v) is 17.5. The van der Waals surface area contributed by atoms with Crippen LogP contribution < -0.4 is 9.80 Å². The van der Waals surface area contributed by atoms with E-state index in [9.17, 15) is 4.79 Å². The molecule has 3 heterocycles. The molecule has 1 aliphatic rings. The normalized spacial score (nSPS) is 15.0. The number of carbonyl (C=O) groups is 1. The molecule has 0 aromatic carbocycles. The summed E-state index contributed by atoms with van der Waals surface area (Å²) < 4.78 is 5.24. The van der Waals surface area contributed by atoms with Gasteiger partial charge in [-0.1, -0.05) is 25.9 Å². The Morgan fingerprint density at radius 2 is 1.93 bits per heavy atom. The smallest absolute Gasteiger partial charge is 0.323 e. The fraction of sp³-hybridized carbons (Fsp3) is 0.600. The average molecular weight is 387 g/mol. The van der Waals surface area contributed by atoms with Gasteiger partial charge in [0.05, 0.1) is 0 Å². The standard InChI is InChI=1S/C20H30N6O2/c1-20(2,3)8-6-17(27)26-12-10-25(11-13-26)16-14-15(7-9-21-16)18-22-19(24(4)5)28-23-18/h7,9,14H,6,8,10-13H2,1-5H3. The van der Waals surface area contributed by atoms with Crippen LogP contribution in [-0.2, 0) is 4.79 Å². The van der Waals surface area contributed by atoms with Gasteiger partial charge in [-0.2, -0.15) is 4.98 Å². The molecule has 8 nitrogen and oxygen atoms in total. The number of rotatable bonds is 5. The van der Waals surface area contributed by atoms with Crippen molar-refractivity contribution < 1.29 is 9.32 Å². The van der Waals surface area contributed by atoms with Crippen LogP contribution in [0.15, 0.2) is 22.9 Å². The monoisotopic (exact) mass is 386 g/mol. The number of amides is 1. The lowest BCUT2D eigenvalue weighted by molar-refractivity contribution is -0.132. The molecule has 2 aromatic heterocycles. The molecule has 0 bridgehead atoms. The Balaban J connectivity index is 1.61. The van der Waals surface area contributed by atoms with Crippen molar-refractivity contribution in [1.29, 1.82) is 0 Å². The van der Waals surface area contributed by atoms with Crippen LogP contribution in [0.25, 0.3) is 11.4 Å². The summed E-state index contributed by atoms with van der Waals surface area (Å²) in [5.41, 5.74) is 1.05. The van der Waals surface area contributed by atoms with E-state index in [1.54, 1.807) is 11.1 Å². The zero-order valence-electron chi connectivity index (χ0n) is 17.5. The lowest BCUT2D eigenvalue weighted by atomic mass is 9.90. The van der Waals surface area contributed by atoms with Crippen LogP contribution >= 0.6 is 0 Å². The summed E-state index contributed by atoms with van der Waals surface area (Å²) in [7, 11) is 3.72. The van der Waals surface area contributed by atoms with Crippen LogP contribution in [0.5, 0.6) is 0 Å². The summed E-state index contributed by atoms with van der Waals surface area (Å²) in [5.74, 6) is 1.66. The SMILES string of the molecule is CN(C)c1nc(-c2ccnc(N3CCN(C(=O)CCC(C)(C)C)CC3)c2)no1. The summed E-state index contributed by atoms with van der Waals surface area (Å²) in [4.78, 5) is 27.3. The second-order valence-corrected chi connectivity index (χ2v) is 8.63. The average Bonchev–Trinajstić information content (AvgIpc) is 3.16. The molecule has 1 fully saturated rings. The van der Waals surface area contributed by atoms with E-state index in [0.717, 1.165) is 44.0 Å². The van der Waals surface area contributed by atoms with Crippen molar-refractivity contribution in [2.75, 3.05) is 50.1 Å². The van der Waals surface area contributed by atoms with Crippen LogP contribution in [0, 0.1) is 5.41 Å². The Morgan fingerprint density at radius 1 is 1.21 bits per heavy atom. The second kappa shape index (κ2) is 8.16. The van der Waals surface area contributed by atoms with Gasteiger partial charge >= 0.3 is 6.01 Å². The minimum atomic E-state index is 0.184. The number of pyridine rings is 1. The van der Waals surface area contributed by atoms with Crippen molar-refractivity contribution in [3.63, 3.8) is 0 Å². The van der Waals surface area contributed by atoms with E-state index >= 15 is 0 Å². The Kier molecular flexibility index (Phi) is 5.86. The topological polar surface area (TPSA) is 78.6 Å². The fourth-order valence-corrected chi connectivity index (χ4v) is 3.07. The molecular weight excluding hydrogens is 356 g/mol. The van der Waals surface area contributed by atoms with Gasteiger partial charge < -0.3 is 19.2 Å². The number of piperazine rings is 1. The molecule has 1 aliphatic heterocycles. The van der Waals surface area contributed by atoms with Crippen molar-refractivity contribution >= 4 is 17.7 Å². The van der Waals surface area contributed by atoms with Gasteiger partial charge in [0.15, 0.2) is 0 Å². The number of aromatic nitrogens is 3. The molecule has 0 radical (unpaired) electrons. The number of nitrogens with zero attached hydrogens (tertiary/aromatic N) is 6. The van der Waals surface area contributed by atoms with E-state index in [1.165, 1.54) is 0 Å². The Labute approximate surface area is 166 Å². The quantitative estimate of drug-likeness (QED) is 0.782. The van der Waals surface area contributed by atoms with Gasteiger partial charge in [0.2, 0.25) is 11.7 Å². The second-order valence-electron chi connectivity index (χ2n) is 8.63. The predicted molar refractivity (Wildman–Crippen MR) is 109 cm³/mol. The largest absolute Gasteiger partial charge is 0.353 e. The third-order valence-corrected chi connectivity index (χ3v) is 4.85. The lowest BCUT2D eigenvalue weighted by Gasteiger charge is -2.36. The van der Waals surface area contributed by atoms with Gasteiger partial charge in [-0.15, -0.1) is 0 Å². The minimum Gasteiger partial charge on any atom is -0.353 e. The molecule has 0 unspecified atom stereocenters. The van der Waals surface area contributed by atoms with Crippen molar-refractivity contribution in [1.82, 2.24) is 20.0 Å². The van der Waals surface area contributed by atoms with E-state index in [-0.39, 0.29) is 11.3 Å². The molecule has 3 rings (SSSR count). The molecule has 1 amide bonds. The van der Waals surface area contributed by atoms with Gasteiger partial charge in [-0.3, -0.25) is 4.79 Å². The minimum absolute atomic E-state index is 0.184. The molecule has 1 saturated heterocycles. The highest BCUT2D eigenvalue weighted by molar-refractivity contribution is 5.76. The highest BCUT2D eigenvalue weighted by Gasteiger charge is 2.23. The molecule has 0 saturated carbocycles. The van der Waals surface area contributed by atoms with Crippen LogP contribution in [0.1, 0.15) is 33.6 Å². The molecule has 8 heteroatoms. The zero-order chi connectivity index (χ0) is 20.3. The van der Waals surface area contributed by atoms with Crippen molar-refractivity contribution in [2.45, 2.75) is 33.6 Å². The fourth-order valence-electron chi connectivity index (χ4n) is 3.07. The van der Waals surface area contributed by atoms with E-state index in [2.05, 4.69) is 40.8 Å². The van der Waals surface area contributed by atoms with E-state index in [4.69, 9.17) is 4.52 Å². The van der Waals surface area contributed by atoms with Crippen LogP contribution in [0.3, 0.4) is 0 Å². The first kappa shape index (κ1) is 20.1. The number of carbonyl (C=O) groups excluding carboxylic acids is 1. The van der Waals surface area contributed by atoms with Crippen molar-refractivity contribution in [3.05, 3.63) is 18.3 Å².